The summed E-state index contributed by atoms with van der Waals surface area (Å²) in [5.41, 5.74) is 2.70. The Morgan fingerprint density at radius 2 is 1.83 bits per heavy atom. The van der Waals surface area contributed by atoms with Gasteiger partial charge in [0.05, 0.1) is 6.54 Å². The van der Waals surface area contributed by atoms with Crippen LogP contribution in [0.15, 0.2) is 59.1 Å². The molecule has 0 aliphatic rings. The number of aryl methyl sites for hydroxylation is 1. The van der Waals surface area contributed by atoms with E-state index in [1.807, 2.05) is 19.1 Å². The fraction of sp³-hybridized carbons (Fsp3) is 0.231. The van der Waals surface area contributed by atoms with Crippen molar-refractivity contribution >= 4 is 46.5 Å². The molecular formula is C26H24Cl3N3O3. The number of nitrogens with zero attached hydrogens (tertiary/aromatic N) is 2. The SMILES string of the molecule is Cc1cc(OCc2ccc(C(=O)Nc3ccn(Cc4c(Cl)cccc4Cl)n3)o2)c(C(C)C)cc1Cl. The summed E-state index contributed by atoms with van der Waals surface area (Å²) in [4.78, 5) is 12.7. The molecule has 4 rings (SSSR count). The number of halogens is 3. The van der Waals surface area contributed by atoms with Gasteiger partial charge in [-0.15, -0.1) is 0 Å². The van der Waals surface area contributed by atoms with E-state index in [0.717, 1.165) is 22.4 Å². The molecule has 2 heterocycles. The Bertz CT molecular complexity index is 1340. The van der Waals surface area contributed by atoms with Gasteiger partial charge in [-0.1, -0.05) is 54.7 Å². The molecule has 35 heavy (non-hydrogen) atoms. The molecule has 0 unspecified atom stereocenters. The molecule has 1 N–H and O–H groups in total. The van der Waals surface area contributed by atoms with Crippen LogP contribution in [0.5, 0.6) is 5.75 Å². The van der Waals surface area contributed by atoms with Crippen LogP contribution in [0.25, 0.3) is 0 Å². The zero-order valence-corrected chi connectivity index (χ0v) is 21.7. The van der Waals surface area contributed by atoms with Crippen molar-refractivity contribution in [3.05, 3.63) is 98.0 Å². The third-order valence-electron chi connectivity index (χ3n) is 5.43. The molecule has 0 fully saturated rings. The number of benzene rings is 2. The number of carbonyl (C=O) groups is 1. The summed E-state index contributed by atoms with van der Waals surface area (Å²) in [6.07, 6.45) is 1.73. The van der Waals surface area contributed by atoms with Crippen LogP contribution in [0.1, 0.15) is 52.8 Å². The summed E-state index contributed by atoms with van der Waals surface area (Å²) >= 11 is 18.7. The van der Waals surface area contributed by atoms with E-state index >= 15 is 0 Å². The number of nitrogens with one attached hydrogen (secondary N) is 1. The van der Waals surface area contributed by atoms with Crippen LogP contribution in [-0.4, -0.2) is 15.7 Å². The fourth-order valence-corrected chi connectivity index (χ4v) is 4.20. The van der Waals surface area contributed by atoms with Gasteiger partial charge in [-0.05, 0) is 60.4 Å². The highest BCUT2D eigenvalue weighted by atomic mass is 35.5. The van der Waals surface area contributed by atoms with E-state index in [1.165, 1.54) is 0 Å². The van der Waals surface area contributed by atoms with Gasteiger partial charge in [-0.25, -0.2) is 0 Å². The van der Waals surface area contributed by atoms with Gasteiger partial charge in [0.25, 0.3) is 5.91 Å². The molecule has 1 amide bonds. The standard InChI is InChI=1S/C26H24Cl3N3O3/c1-15(2)18-12-22(29)16(3)11-24(18)34-14-17-7-8-23(35-17)26(33)30-25-9-10-32(31-25)13-19-20(27)5-4-6-21(19)28/h4-12,15H,13-14H2,1-3H3,(H,30,31,33). The molecule has 0 saturated carbocycles. The molecule has 0 aliphatic carbocycles. The largest absolute Gasteiger partial charge is 0.485 e. The van der Waals surface area contributed by atoms with E-state index in [1.54, 1.807) is 47.3 Å². The average Bonchev–Trinajstić information content (AvgIpc) is 3.46. The van der Waals surface area contributed by atoms with E-state index < -0.39 is 5.91 Å². The maximum atomic E-state index is 12.7. The quantitative estimate of drug-likeness (QED) is 0.252. The lowest BCUT2D eigenvalue weighted by Gasteiger charge is -2.15. The van der Waals surface area contributed by atoms with Gasteiger partial charge in [0.15, 0.2) is 11.6 Å². The minimum Gasteiger partial charge on any atom is -0.485 e. The van der Waals surface area contributed by atoms with Gasteiger partial charge in [-0.3, -0.25) is 9.48 Å². The molecule has 6 nitrogen and oxygen atoms in total. The number of hydrogen-bond acceptors (Lipinski definition) is 4. The second kappa shape index (κ2) is 10.8. The number of furan rings is 1. The summed E-state index contributed by atoms with van der Waals surface area (Å²) in [6.45, 7) is 6.64. The molecule has 0 bridgehead atoms. The zero-order valence-electron chi connectivity index (χ0n) is 19.4. The smallest absolute Gasteiger partial charge is 0.292 e. The Morgan fingerprint density at radius 3 is 2.54 bits per heavy atom. The van der Waals surface area contributed by atoms with Crippen LogP contribution in [0.3, 0.4) is 0 Å². The number of anilines is 1. The van der Waals surface area contributed by atoms with Gasteiger partial charge in [0.1, 0.15) is 18.1 Å². The normalized spacial score (nSPS) is 11.2. The molecule has 0 atom stereocenters. The molecule has 0 aliphatic heterocycles. The number of amides is 1. The van der Waals surface area contributed by atoms with E-state index in [9.17, 15) is 4.79 Å². The second-order valence-corrected chi connectivity index (χ2v) is 9.62. The highest BCUT2D eigenvalue weighted by molar-refractivity contribution is 6.36. The summed E-state index contributed by atoms with van der Waals surface area (Å²) < 4.78 is 13.3. The van der Waals surface area contributed by atoms with Crippen molar-refractivity contribution in [2.45, 2.75) is 39.8 Å². The summed E-state index contributed by atoms with van der Waals surface area (Å²) in [7, 11) is 0. The second-order valence-electron chi connectivity index (χ2n) is 8.40. The van der Waals surface area contributed by atoms with Crippen molar-refractivity contribution in [1.82, 2.24) is 9.78 Å². The Labute approximate surface area is 218 Å². The highest BCUT2D eigenvalue weighted by Gasteiger charge is 2.16. The molecule has 4 aromatic rings. The first-order valence-electron chi connectivity index (χ1n) is 11.0. The van der Waals surface area contributed by atoms with Crippen molar-refractivity contribution in [2.24, 2.45) is 0 Å². The maximum absolute atomic E-state index is 12.7. The lowest BCUT2D eigenvalue weighted by molar-refractivity contribution is 0.0992. The first kappa shape index (κ1) is 25.2. The molecule has 2 aromatic carbocycles. The third-order valence-corrected chi connectivity index (χ3v) is 6.55. The van der Waals surface area contributed by atoms with Crippen LogP contribution in [0.4, 0.5) is 5.82 Å². The number of aromatic nitrogens is 2. The molecule has 9 heteroatoms. The van der Waals surface area contributed by atoms with E-state index in [4.69, 9.17) is 44.0 Å². The lowest BCUT2D eigenvalue weighted by atomic mass is 10.0. The van der Waals surface area contributed by atoms with Crippen LogP contribution in [0, 0.1) is 6.92 Å². The Kier molecular flexibility index (Phi) is 7.75. The van der Waals surface area contributed by atoms with Gasteiger partial charge < -0.3 is 14.5 Å². The van der Waals surface area contributed by atoms with Crippen molar-refractivity contribution in [1.29, 1.82) is 0 Å². The molecule has 182 valence electrons. The zero-order chi connectivity index (χ0) is 25.1. The van der Waals surface area contributed by atoms with Crippen LogP contribution in [-0.2, 0) is 13.2 Å². The van der Waals surface area contributed by atoms with Crippen molar-refractivity contribution in [3.63, 3.8) is 0 Å². The highest BCUT2D eigenvalue weighted by Crippen LogP contribution is 2.32. The number of hydrogen-bond donors (Lipinski definition) is 1. The van der Waals surface area contributed by atoms with Crippen molar-refractivity contribution in [3.8, 4) is 5.75 Å². The molecule has 0 saturated heterocycles. The minimum absolute atomic E-state index is 0.156. The van der Waals surface area contributed by atoms with Gasteiger partial charge >= 0.3 is 0 Å². The topological polar surface area (TPSA) is 69.3 Å². The number of carbonyl (C=O) groups excluding carboxylic acids is 1. The first-order chi connectivity index (χ1) is 16.7. The predicted molar refractivity (Wildman–Crippen MR) is 139 cm³/mol. The monoisotopic (exact) mass is 531 g/mol. The molecule has 0 radical (unpaired) electrons. The molecule has 2 aromatic heterocycles. The minimum atomic E-state index is -0.414. The average molecular weight is 533 g/mol. The maximum Gasteiger partial charge on any atom is 0.292 e. The Morgan fingerprint density at radius 1 is 1.09 bits per heavy atom. The fourth-order valence-electron chi connectivity index (χ4n) is 3.51. The van der Waals surface area contributed by atoms with E-state index in [2.05, 4.69) is 24.3 Å². The number of rotatable bonds is 8. The molecule has 0 spiro atoms. The molecular weight excluding hydrogens is 509 g/mol. The third kappa shape index (κ3) is 6.01. The Balaban J connectivity index is 1.39. The van der Waals surface area contributed by atoms with Gasteiger partial charge in [-0.2, -0.15) is 5.10 Å². The van der Waals surface area contributed by atoms with Crippen LogP contribution >= 0.6 is 34.8 Å². The predicted octanol–water partition coefficient (Wildman–Crippen LogP) is 7.75. The Hall–Kier alpha value is -2.93. The lowest BCUT2D eigenvalue weighted by Crippen LogP contribution is -2.12. The number of ether oxygens (including phenoxy) is 1. The van der Waals surface area contributed by atoms with E-state index in [-0.39, 0.29) is 18.3 Å². The van der Waals surface area contributed by atoms with Crippen LogP contribution in [0.2, 0.25) is 15.1 Å². The van der Waals surface area contributed by atoms with Gasteiger partial charge in [0.2, 0.25) is 0 Å². The van der Waals surface area contributed by atoms with Crippen LogP contribution < -0.4 is 10.1 Å². The van der Waals surface area contributed by atoms with Crippen molar-refractivity contribution < 1.29 is 13.9 Å². The first-order valence-corrected chi connectivity index (χ1v) is 12.1. The summed E-state index contributed by atoms with van der Waals surface area (Å²) in [5, 5.41) is 8.91. The van der Waals surface area contributed by atoms with Crippen molar-refractivity contribution in [2.75, 3.05) is 5.32 Å². The summed E-state index contributed by atoms with van der Waals surface area (Å²) in [5.74, 6) is 1.64. The van der Waals surface area contributed by atoms with E-state index in [0.29, 0.717) is 33.2 Å². The van der Waals surface area contributed by atoms with Gasteiger partial charge in [0, 0.05) is 32.9 Å². The summed E-state index contributed by atoms with van der Waals surface area (Å²) in [6, 6.07) is 14.2.